The first-order valence-electron chi connectivity index (χ1n) is 20.9. The molecule has 0 N–H and O–H groups in total. The van der Waals surface area contributed by atoms with Gasteiger partial charge >= 0.3 is 0 Å². The summed E-state index contributed by atoms with van der Waals surface area (Å²) >= 11 is 0. The number of nitrogens with zero attached hydrogens (tertiary/aromatic N) is 2. The van der Waals surface area contributed by atoms with Crippen LogP contribution < -0.4 is 9.80 Å². The summed E-state index contributed by atoms with van der Waals surface area (Å²) in [5, 5.41) is 0. The Kier molecular flexibility index (Phi) is 8.54. The van der Waals surface area contributed by atoms with Crippen molar-refractivity contribution in [3.63, 3.8) is 0 Å². The Bertz CT molecular complexity index is 2550. The first kappa shape index (κ1) is 36.7. The van der Waals surface area contributed by atoms with Crippen molar-refractivity contribution in [2.75, 3.05) is 9.80 Å². The second-order valence-corrected chi connectivity index (χ2v) is 18.2. The molecular formula is C57H50N2. The van der Waals surface area contributed by atoms with Crippen LogP contribution in [-0.2, 0) is 16.2 Å². The Labute approximate surface area is 350 Å². The summed E-state index contributed by atoms with van der Waals surface area (Å²) in [5.41, 5.74) is 19.4. The Balaban J connectivity index is 1.32. The number of hydrogen-bond donors (Lipinski definition) is 0. The molecule has 288 valence electrons. The van der Waals surface area contributed by atoms with Crippen LogP contribution in [0.4, 0.5) is 34.1 Å². The van der Waals surface area contributed by atoms with Gasteiger partial charge in [-0.1, -0.05) is 163 Å². The lowest BCUT2D eigenvalue weighted by atomic mass is 9.68. The maximum atomic E-state index is 2.54. The van der Waals surface area contributed by atoms with Crippen LogP contribution in [0.2, 0.25) is 0 Å². The van der Waals surface area contributed by atoms with Gasteiger partial charge in [0.1, 0.15) is 0 Å². The molecule has 2 nitrogen and oxygen atoms in total. The predicted molar refractivity (Wildman–Crippen MR) is 250 cm³/mol. The smallest absolute Gasteiger partial charge is 0.0727 e. The molecule has 0 atom stereocenters. The molecule has 1 spiro atoms. The summed E-state index contributed by atoms with van der Waals surface area (Å²) in [7, 11) is 0. The zero-order valence-electron chi connectivity index (χ0n) is 34.9. The summed E-state index contributed by atoms with van der Waals surface area (Å²) in [6, 6.07) is 72.2. The predicted octanol–water partition coefficient (Wildman–Crippen LogP) is 15.6. The van der Waals surface area contributed by atoms with Crippen molar-refractivity contribution in [1.82, 2.24) is 0 Å². The maximum Gasteiger partial charge on any atom is 0.0727 e. The first-order valence-corrected chi connectivity index (χ1v) is 20.9. The van der Waals surface area contributed by atoms with E-state index < -0.39 is 5.41 Å². The number of hydrogen-bond acceptors (Lipinski definition) is 2. The van der Waals surface area contributed by atoms with Crippen LogP contribution in [0.15, 0.2) is 194 Å². The van der Waals surface area contributed by atoms with Gasteiger partial charge in [0.2, 0.25) is 0 Å². The van der Waals surface area contributed by atoms with Crippen molar-refractivity contribution in [3.05, 3.63) is 228 Å². The van der Waals surface area contributed by atoms with Gasteiger partial charge in [0.05, 0.1) is 5.41 Å². The summed E-state index contributed by atoms with van der Waals surface area (Å²) in [6.45, 7) is 14.0. The molecule has 0 fully saturated rings. The second kappa shape index (κ2) is 13.7. The average Bonchev–Trinajstić information content (AvgIpc) is 3.71. The average molecular weight is 763 g/mol. The summed E-state index contributed by atoms with van der Waals surface area (Å²) in [4.78, 5) is 4.81. The summed E-state index contributed by atoms with van der Waals surface area (Å²) in [6.07, 6.45) is 0. The second-order valence-electron chi connectivity index (χ2n) is 18.2. The van der Waals surface area contributed by atoms with Crippen LogP contribution in [0.5, 0.6) is 0 Å². The molecule has 8 aromatic carbocycles. The molecule has 0 radical (unpaired) electrons. The van der Waals surface area contributed by atoms with E-state index in [1.165, 1.54) is 55.6 Å². The largest absolute Gasteiger partial charge is 0.310 e. The molecule has 2 aliphatic rings. The van der Waals surface area contributed by atoms with Gasteiger partial charge < -0.3 is 9.80 Å². The third-order valence-electron chi connectivity index (χ3n) is 12.5. The lowest BCUT2D eigenvalue weighted by Crippen LogP contribution is -2.28. The van der Waals surface area contributed by atoms with Gasteiger partial charge in [-0.15, -0.1) is 0 Å². The van der Waals surface area contributed by atoms with E-state index in [4.69, 9.17) is 0 Å². The molecule has 0 saturated heterocycles. The van der Waals surface area contributed by atoms with Gasteiger partial charge in [0.25, 0.3) is 0 Å². The molecule has 0 heterocycles. The number of benzene rings is 8. The van der Waals surface area contributed by atoms with Crippen molar-refractivity contribution in [2.24, 2.45) is 0 Å². The Morgan fingerprint density at radius 2 is 0.559 bits per heavy atom. The fourth-order valence-corrected chi connectivity index (χ4v) is 9.62. The maximum absolute atomic E-state index is 2.54. The molecule has 10 rings (SSSR count). The van der Waals surface area contributed by atoms with E-state index in [1.807, 2.05) is 0 Å². The van der Waals surface area contributed by atoms with Gasteiger partial charge in [-0.3, -0.25) is 0 Å². The van der Waals surface area contributed by atoms with E-state index in [1.54, 1.807) is 0 Å². The minimum Gasteiger partial charge on any atom is -0.310 e. The molecule has 2 heteroatoms. The highest BCUT2D eigenvalue weighted by atomic mass is 15.1. The van der Waals surface area contributed by atoms with Crippen molar-refractivity contribution < 1.29 is 0 Å². The van der Waals surface area contributed by atoms with Crippen molar-refractivity contribution in [1.29, 1.82) is 0 Å². The minimum absolute atomic E-state index is 0.0373. The fourth-order valence-electron chi connectivity index (χ4n) is 9.62. The molecule has 0 aromatic heterocycles. The highest BCUT2D eigenvalue weighted by Crippen LogP contribution is 2.65. The van der Waals surface area contributed by atoms with Gasteiger partial charge in [0, 0.05) is 34.1 Å². The van der Waals surface area contributed by atoms with Gasteiger partial charge in [0.15, 0.2) is 0 Å². The van der Waals surface area contributed by atoms with Crippen LogP contribution >= 0.6 is 0 Å². The molecule has 0 aliphatic heterocycles. The topological polar surface area (TPSA) is 6.48 Å². The molecule has 0 saturated carbocycles. The Morgan fingerprint density at radius 3 is 0.847 bits per heavy atom. The molecule has 0 unspecified atom stereocenters. The SMILES string of the molecule is CC(C)(C)c1ccc2c(c1)C1(c3cc(N(c4ccccc4)c4ccccc4)ccc3-c3ccc(N(c4ccccc4)c4ccccc4)cc31)c1cc(C(C)(C)C)ccc1-2. The third kappa shape index (κ3) is 5.92. The van der Waals surface area contributed by atoms with E-state index in [0.717, 1.165) is 34.1 Å². The molecular weight excluding hydrogens is 713 g/mol. The lowest BCUT2D eigenvalue weighted by Gasteiger charge is -2.34. The molecule has 8 aromatic rings. The lowest BCUT2D eigenvalue weighted by molar-refractivity contribution is 0.586. The van der Waals surface area contributed by atoms with Crippen LogP contribution in [-0.4, -0.2) is 0 Å². The Morgan fingerprint density at radius 1 is 0.288 bits per heavy atom. The molecule has 2 aliphatic carbocycles. The fraction of sp³-hybridized carbons (Fsp3) is 0.158. The van der Waals surface area contributed by atoms with Crippen molar-refractivity contribution in [2.45, 2.75) is 57.8 Å². The number of anilines is 6. The highest BCUT2D eigenvalue weighted by molar-refractivity contribution is 5.98. The van der Waals surface area contributed by atoms with Crippen molar-refractivity contribution >= 4 is 34.1 Å². The minimum atomic E-state index is -0.581. The molecule has 59 heavy (non-hydrogen) atoms. The van der Waals surface area contributed by atoms with Crippen LogP contribution in [0.25, 0.3) is 22.3 Å². The zero-order valence-corrected chi connectivity index (χ0v) is 34.9. The number of para-hydroxylation sites is 4. The quantitative estimate of drug-likeness (QED) is 0.166. The van der Waals surface area contributed by atoms with E-state index in [0.29, 0.717) is 0 Å². The number of rotatable bonds is 6. The van der Waals surface area contributed by atoms with E-state index in [-0.39, 0.29) is 10.8 Å². The monoisotopic (exact) mass is 762 g/mol. The standard InChI is InChI=1S/C57H50N2/c1-55(2,3)39-27-31-47-48-32-28-40(56(4,5)6)36-52(48)57(51(47)35-39)53-37-45(58(41-19-11-7-12-20-41)42-21-13-8-14-22-42)29-33-49(53)50-34-30-46(38-54(50)57)59(43-23-15-9-16-24-43)44-25-17-10-18-26-44/h7-38H,1-6H3. The summed E-state index contributed by atoms with van der Waals surface area (Å²) in [5.74, 6) is 0. The third-order valence-corrected chi connectivity index (χ3v) is 12.5. The van der Waals surface area contributed by atoms with E-state index in [2.05, 4.69) is 245 Å². The van der Waals surface area contributed by atoms with Crippen LogP contribution in [0, 0.1) is 0 Å². The van der Waals surface area contributed by atoms with Crippen molar-refractivity contribution in [3.8, 4) is 22.3 Å². The number of fused-ring (bicyclic) bond motifs is 10. The van der Waals surface area contributed by atoms with Gasteiger partial charge in [-0.25, -0.2) is 0 Å². The Hall–Kier alpha value is -6.64. The summed E-state index contributed by atoms with van der Waals surface area (Å²) < 4.78 is 0. The first-order chi connectivity index (χ1) is 28.5. The van der Waals surface area contributed by atoms with Crippen LogP contribution in [0.1, 0.15) is 74.9 Å². The molecule has 0 bridgehead atoms. The molecule has 0 amide bonds. The van der Waals surface area contributed by atoms with Gasteiger partial charge in [-0.05, 0) is 139 Å². The normalized spacial score (nSPS) is 13.4. The van der Waals surface area contributed by atoms with E-state index >= 15 is 0 Å². The van der Waals surface area contributed by atoms with E-state index in [9.17, 15) is 0 Å². The highest BCUT2D eigenvalue weighted by Gasteiger charge is 2.53. The van der Waals surface area contributed by atoms with Crippen LogP contribution in [0.3, 0.4) is 0 Å². The zero-order chi connectivity index (χ0) is 40.5. The van der Waals surface area contributed by atoms with Gasteiger partial charge in [-0.2, -0.15) is 0 Å².